The molecule has 0 radical (unpaired) electrons. The number of rotatable bonds is 7. The molecule has 0 saturated carbocycles. The number of hydrogen-bond donors (Lipinski definition) is 6. The van der Waals surface area contributed by atoms with Gasteiger partial charge in [-0.25, -0.2) is 0 Å². The molecule has 0 aromatic heterocycles. The zero-order chi connectivity index (χ0) is 42.6. The number of aliphatic hydroxyl groups is 1. The van der Waals surface area contributed by atoms with Crippen molar-refractivity contribution in [2.75, 3.05) is 19.6 Å². The standard InChI is InChI=1S/C47H52N6O7/c1-31(54)34-16-18-36(19-17-34)35-14-12-32(13-15-35)26-40-45(59)50-29-38-11-6-5-10-37(38)27-42(56)51-39(44(48)58)22-24-49-41(55)20-21-43(57)53-25-7-23-47(30-53,46(60)52-40)28-33-8-3-2-4-9-33/h2-6,8-21,39-41,49,55H,7,22-30H2,1H3,(H2,48,58)(H,50,59)(H,51,56)(H,52,60)/b21-20+/t39-,40-,41?,47-/m0/s1. The van der Waals surface area contributed by atoms with Crippen LogP contribution in [0.25, 0.3) is 11.1 Å². The number of piperidine rings is 1. The highest BCUT2D eigenvalue weighted by Gasteiger charge is 2.44. The molecule has 4 aromatic carbocycles. The Labute approximate surface area is 349 Å². The summed E-state index contributed by atoms with van der Waals surface area (Å²) in [4.78, 5) is 81.6. The third kappa shape index (κ3) is 11.4. The number of Topliss-reactive ketones (excluding diaryl/α,β-unsaturated/α-hetero) is 1. The first-order valence-corrected chi connectivity index (χ1v) is 20.3. The second kappa shape index (κ2) is 20.0. The maximum absolute atomic E-state index is 14.8. The Morgan fingerprint density at radius 3 is 2.18 bits per heavy atom. The van der Waals surface area contributed by atoms with Gasteiger partial charge >= 0.3 is 0 Å². The largest absolute Gasteiger partial charge is 0.375 e. The Bertz CT molecular complexity index is 2210. The van der Waals surface area contributed by atoms with Crippen LogP contribution in [-0.2, 0) is 49.8 Å². The highest BCUT2D eigenvalue weighted by Crippen LogP contribution is 2.35. The molecule has 2 heterocycles. The average molecular weight is 813 g/mol. The predicted octanol–water partition coefficient (Wildman–Crippen LogP) is 3.13. The highest BCUT2D eigenvalue weighted by molar-refractivity contribution is 5.95. The lowest BCUT2D eigenvalue weighted by molar-refractivity contribution is -0.141. The minimum Gasteiger partial charge on any atom is -0.375 e. The van der Waals surface area contributed by atoms with Crippen LogP contribution in [0.2, 0.25) is 0 Å². The van der Waals surface area contributed by atoms with Crippen molar-refractivity contribution in [2.45, 2.75) is 70.3 Å². The van der Waals surface area contributed by atoms with Crippen molar-refractivity contribution >= 4 is 35.3 Å². The number of amides is 5. The summed E-state index contributed by atoms with van der Waals surface area (Å²) in [6.07, 6.45) is 2.75. The van der Waals surface area contributed by atoms with Crippen LogP contribution < -0.4 is 27.0 Å². The quantitative estimate of drug-likeness (QED) is 0.153. The molecule has 2 aliphatic rings. The molecule has 4 aromatic rings. The van der Waals surface area contributed by atoms with Crippen LogP contribution in [0.3, 0.4) is 0 Å². The number of benzene rings is 4. The summed E-state index contributed by atoms with van der Waals surface area (Å²) in [6, 6.07) is 29.6. The van der Waals surface area contributed by atoms with Crippen molar-refractivity contribution in [3.63, 3.8) is 0 Å². The van der Waals surface area contributed by atoms with E-state index < -0.39 is 47.4 Å². The van der Waals surface area contributed by atoms with Gasteiger partial charge in [0.1, 0.15) is 18.3 Å². The summed E-state index contributed by atoms with van der Waals surface area (Å²) in [5.74, 6) is -2.41. The zero-order valence-electron chi connectivity index (χ0n) is 33.7. The number of nitrogens with one attached hydrogen (secondary N) is 4. The molecule has 1 fully saturated rings. The van der Waals surface area contributed by atoms with E-state index in [2.05, 4.69) is 21.3 Å². The van der Waals surface area contributed by atoms with Gasteiger partial charge < -0.3 is 31.7 Å². The average Bonchev–Trinajstić information content (AvgIpc) is 3.24. The smallest absolute Gasteiger partial charge is 0.246 e. The first-order valence-electron chi connectivity index (χ1n) is 20.3. The predicted molar refractivity (Wildman–Crippen MR) is 227 cm³/mol. The maximum Gasteiger partial charge on any atom is 0.246 e. The van der Waals surface area contributed by atoms with Gasteiger partial charge in [-0.3, -0.25) is 34.1 Å². The first-order chi connectivity index (χ1) is 28.9. The van der Waals surface area contributed by atoms with E-state index in [9.17, 15) is 33.9 Å². The summed E-state index contributed by atoms with van der Waals surface area (Å²) < 4.78 is 0. The summed E-state index contributed by atoms with van der Waals surface area (Å²) >= 11 is 0. The molecular weight excluding hydrogens is 761 g/mol. The molecule has 13 nitrogen and oxygen atoms in total. The third-order valence-electron chi connectivity index (χ3n) is 11.2. The lowest BCUT2D eigenvalue weighted by atomic mass is 9.74. The van der Waals surface area contributed by atoms with Gasteiger partial charge in [-0.05, 0) is 72.1 Å². The van der Waals surface area contributed by atoms with Crippen LogP contribution in [-0.4, -0.2) is 83.3 Å². The Balaban J connectivity index is 1.33. The van der Waals surface area contributed by atoms with E-state index in [-0.39, 0.29) is 50.6 Å². The van der Waals surface area contributed by atoms with Crippen LogP contribution in [0.4, 0.5) is 0 Å². The number of nitrogens with two attached hydrogens (primary N) is 1. The van der Waals surface area contributed by atoms with Gasteiger partial charge in [0, 0.05) is 44.2 Å². The molecule has 4 atom stereocenters. The van der Waals surface area contributed by atoms with Gasteiger partial charge in [-0.2, -0.15) is 0 Å². The maximum atomic E-state index is 14.8. The van der Waals surface area contributed by atoms with Crippen molar-refractivity contribution in [2.24, 2.45) is 11.1 Å². The fraction of sp³-hybridized carbons (Fsp3) is 0.319. The lowest BCUT2D eigenvalue weighted by Crippen LogP contribution is -2.58. The molecule has 2 aliphatic heterocycles. The van der Waals surface area contributed by atoms with Crippen molar-refractivity contribution in [3.8, 4) is 11.1 Å². The molecule has 6 rings (SSSR count). The summed E-state index contributed by atoms with van der Waals surface area (Å²) in [5, 5.41) is 22.2. The van der Waals surface area contributed by atoms with E-state index in [0.29, 0.717) is 42.5 Å². The van der Waals surface area contributed by atoms with Gasteiger partial charge in [-0.15, -0.1) is 0 Å². The van der Waals surface area contributed by atoms with Gasteiger partial charge in [0.05, 0.1) is 11.8 Å². The first kappa shape index (κ1) is 43.1. The number of carbonyl (C=O) groups excluding carboxylic acids is 6. The molecule has 0 aliphatic carbocycles. The van der Waals surface area contributed by atoms with E-state index in [4.69, 9.17) is 5.73 Å². The van der Waals surface area contributed by atoms with Crippen molar-refractivity contribution in [1.29, 1.82) is 0 Å². The van der Waals surface area contributed by atoms with Crippen LogP contribution in [0.1, 0.15) is 58.8 Å². The Morgan fingerprint density at radius 2 is 1.50 bits per heavy atom. The summed E-state index contributed by atoms with van der Waals surface area (Å²) in [6.45, 7) is 2.14. The Kier molecular flexibility index (Phi) is 14.4. The van der Waals surface area contributed by atoms with E-state index in [1.54, 1.807) is 41.3 Å². The van der Waals surface area contributed by atoms with Crippen LogP contribution in [0.5, 0.6) is 0 Å². The van der Waals surface area contributed by atoms with Crippen molar-refractivity contribution in [3.05, 3.63) is 143 Å². The van der Waals surface area contributed by atoms with Gasteiger partial charge in [0.15, 0.2) is 5.78 Å². The molecule has 0 spiro atoms. The van der Waals surface area contributed by atoms with Crippen LogP contribution in [0.15, 0.2) is 115 Å². The number of ketones is 1. The fourth-order valence-corrected chi connectivity index (χ4v) is 7.84. The second-order valence-corrected chi connectivity index (χ2v) is 15.6. The van der Waals surface area contributed by atoms with Crippen LogP contribution >= 0.6 is 0 Å². The highest BCUT2D eigenvalue weighted by atomic mass is 16.3. The normalized spacial score (nSPS) is 22.8. The molecule has 5 amide bonds. The van der Waals surface area contributed by atoms with E-state index in [1.165, 1.54) is 19.1 Å². The monoisotopic (exact) mass is 812 g/mol. The zero-order valence-corrected chi connectivity index (χ0v) is 33.7. The Hall–Kier alpha value is -6.44. The molecular formula is C47H52N6O7. The van der Waals surface area contributed by atoms with Crippen molar-refractivity contribution in [1.82, 2.24) is 26.2 Å². The number of fused-ring (bicyclic) bond motifs is 3. The molecule has 7 N–H and O–H groups in total. The second-order valence-electron chi connectivity index (χ2n) is 15.6. The summed E-state index contributed by atoms with van der Waals surface area (Å²) in [5.41, 5.74) is 9.96. The molecule has 13 heteroatoms. The SMILES string of the molecule is CC(=O)c1ccc(-c2ccc(C[C@@H]3NC(=O)[C@]4(Cc5ccccc5)CCCN(C4)C(=O)/C=C/C(O)NCC[C@@H](C(N)=O)NC(=O)Cc4ccccc4CNC3=O)cc2)cc1. The van der Waals surface area contributed by atoms with Gasteiger partial charge in [0.25, 0.3) is 0 Å². The van der Waals surface area contributed by atoms with Crippen molar-refractivity contribution < 1.29 is 33.9 Å². The molecule has 60 heavy (non-hydrogen) atoms. The molecule has 312 valence electrons. The van der Waals surface area contributed by atoms with E-state index in [0.717, 1.165) is 22.3 Å². The van der Waals surface area contributed by atoms with E-state index >= 15 is 0 Å². The minimum atomic E-state index is -1.24. The number of primary amides is 1. The van der Waals surface area contributed by atoms with Gasteiger partial charge in [-0.1, -0.05) is 103 Å². The van der Waals surface area contributed by atoms with E-state index in [1.807, 2.05) is 66.7 Å². The number of hydrogen-bond acceptors (Lipinski definition) is 8. The lowest BCUT2D eigenvalue weighted by Gasteiger charge is -2.42. The van der Waals surface area contributed by atoms with Crippen LogP contribution in [0, 0.1) is 5.41 Å². The molecule has 2 bridgehead atoms. The fourth-order valence-electron chi connectivity index (χ4n) is 7.84. The third-order valence-corrected chi connectivity index (χ3v) is 11.2. The Morgan fingerprint density at radius 1 is 0.833 bits per heavy atom. The number of aliphatic hydroxyl groups excluding tert-OH is 1. The summed E-state index contributed by atoms with van der Waals surface area (Å²) in [7, 11) is 0. The molecule has 1 saturated heterocycles. The minimum absolute atomic E-state index is 0.0197. The van der Waals surface area contributed by atoms with Gasteiger partial charge in [0.2, 0.25) is 29.5 Å². The number of nitrogens with zero attached hydrogens (tertiary/aromatic N) is 1. The molecule has 1 unspecified atom stereocenters. The topological polar surface area (TPSA) is 200 Å². The number of carbonyl (C=O) groups is 6.